The second-order valence-corrected chi connectivity index (χ2v) is 5.76. The summed E-state index contributed by atoms with van der Waals surface area (Å²) in [4.78, 5) is 15.6. The van der Waals surface area contributed by atoms with Gasteiger partial charge in [0.05, 0.1) is 13.0 Å². The van der Waals surface area contributed by atoms with Crippen molar-refractivity contribution < 1.29 is 18.0 Å². The number of nitrogens with one attached hydrogen (secondary N) is 3. The maximum atomic E-state index is 12.1. The number of halogens is 3. The lowest BCUT2D eigenvalue weighted by molar-refractivity contribution is -0.132. The summed E-state index contributed by atoms with van der Waals surface area (Å²) in [6.45, 7) is 2.94. The van der Waals surface area contributed by atoms with Crippen molar-refractivity contribution in [1.29, 1.82) is 0 Å². The highest BCUT2D eigenvalue weighted by Crippen LogP contribution is 2.27. The Balaban J connectivity index is 2.18. The predicted octanol–water partition coefficient (Wildman–Crippen LogP) is 2.19. The van der Waals surface area contributed by atoms with Gasteiger partial charge in [-0.05, 0) is 25.7 Å². The van der Waals surface area contributed by atoms with Crippen LogP contribution in [0.15, 0.2) is 4.99 Å². The normalized spacial score (nSPS) is 16.4. The van der Waals surface area contributed by atoms with E-state index in [1.165, 1.54) is 12.8 Å². The smallest absolute Gasteiger partial charge is 0.357 e. The molecule has 0 heterocycles. The van der Waals surface area contributed by atoms with Crippen LogP contribution < -0.4 is 16.0 Å². The lowest BCUT2D eigenvalue weighted by atomic mass is 10.0. The third kappa shape index (κ3) is 10.0. The highest BCUT2D eigenvalue weighted by Gasteiger charge is 2.26. The maximum Gasteiger partial charge on any atom is 0.390 e. The van der Waals surface area contributed by atoms with Gasteiger partial charge in [0.1, 0.15) is 0 Å². The quantitative estimate of drug-likeness (QED) is 0.362. The van der Waals surface area contributed by atoms with Crippen LogP contribution >= 0.6 is 0 Å². The Morgan fingerprint density at radius 2 is 1.78 bits per heavy atom. The Kier molecular flexibility index (Phi) is 8.79. The SMILES string of the molecule is CCNC(=NCCC(F)(F)F)NCCNC(=O)CC1CCCC1. The lowest BCUT2D eigenvalue weighted by Gasteiger charge is -2.13. The fourth-order valence-electron chi connectivity index (χ4n) is 2.57. The molecule has 8 heteroatoms. The molecule has 0 bridgehead atoms. The minimum Gasteiger partial charge on any atom is -0.357 e. The summed E-state index contributed by atoms with van der Waals surface area (Å²) in [7, 11) is 0. The number of alkyl halides is 3. The molecule has 1 saturated carbocycles. The number of rotatable bonds is 8. The van der Waals surface area contributed by atoms with Crippen LogP contribution in [0.2, 0.25) is 0 Å². The molecule has 0 unspecified atom stereocenters. The van der Waals surface area contributed by atoms with Gasteiger partial charge in [0, 0.05) is 26.1 Å². The summed E-state index contributed by atoms with van der Waals surface area (Å²) in [5, 5.41) is 8.61. The van der Waals surface area contributed by atoms with E-state index in [0.29, 0.717) is 37.9 Å². The van der Waals surface area contributed by atoms with Gasteiger partial charge in [-0.3, -0.25) is 9.79 Å². The maximum absolute atomic E-state index is 12.1. The Labute approximate surface area is 135 Å². The van der Waals surface area contributed by atoms with Gasteiger partial charge in [0.2, 0.25) is 5.91 Å². The van der Waals surface area contributed by atoms with E-state index in [-0.39, 0.29) is 12.5 Å². The molecule has 0 radical (unpaired) electrons. The van der Waals surface area contributed by atoms with E-state index >= 15 is 0 Å². The first-order chi connectivity index (χ1) is 10.9. The van der Waals surface area contributed by atoms with Crippen molar-refractivity contribution in [1.82, 2.24) is 16.0 Å². The number of aliphatic imine (C=N–C) groups is 1. The zero-order valence-electron chi connectivity index (χ0n) is 13.6. The van der Waals surface area contributed by atoms with Crippen molar-refractivity contribution in [3.8, 4) is 0 Å². The average Bonchev–Trinajstić information content (AvgIpc) is 2.95. The van der Waals surface area contributed by atoms with E-state index in [4.69, 9.17) is 0 Å². The number of hydrogen-bond acceptors (Lipinski definition) is 2. The monoisotopic (exact) mass is 336 g/mol. The largest absolute Gasteiger partial charge is 0.390 e. The van der Waals surface area contributed by atoms with Gasteiger partial charge in [0.25, 0.3) is 0 Å². The van der Waals surface area contributed by atoms with Gasteiger partial charge in [-0.25, -0.2) is 0 Å². The molecule has 134 valence electrons. The molecule has 0 aromatic rings. The van der Waals surface area contributed by atoms with E-state index in [1.807, 2.05) is 6.92 Å². The van der Waals surface area contributed by atoms with Gasteiger partial charge in [-0.2, -0.15) is 13.2 Å². The van der Waals surface area contributed by atoms with Crippen molar-refractivity contribution in [2.24, 2.45) is 10.9 Å². The summed E-state index contributed by atoms with van der Waals surface area (Å²) in [5.74, 6) is 0.878. The summed E-state index contributed by atoms with van der Waals surface area (Å²) in [6.07, 6.45) is 0.0978. The van der Waals surface area contributed by atoms with Crippen molar-refractivity contribution in [3.63, 3.8) is 0 Å². The van der Waals surface area contributed by atoms with Crippen LogP contribution in [0.4, 0.5) is 13.2 Å². The first-order valence-electron chi connectivity index (χ1n) is 8.26. The summed E-state index contributed by atoms with van der Waals surface area (Å²) < 4.78 is 36.3. The van der Waals surface area contributed by atoms with Gasteiger partial charge in [-0.1, -0.05) is 12.8 Å². The summed E-state index contributed by atoms with van der Waals surface area (Å²) in [6, 6.07) is 0. The van der Waals surface area contributed by atoms with Gasteiger partial charge < -0.3 is 16.0 Å². The molecule has 5 nitrogen and oxygen atoms in total. The van der Waals surface area contributed by atoms with Gasteiger partial charge >= 0.3 is 6.18 Å². The zero-order chi connectivity index (χ0) is 17.1. The Morgan fingerprint density at radius 3 is 2.39 bits per heavy atom. The van der Waals surface area contributed by atoms with E-state index in [0.717, 1.165) is 12.8 Å². The fraction of sp³-hybridized carbons (Fsp3) is 0.867. The fourth-order valence-corrected chi connectivity index (χ4v) is 2.57. The molecule has 23 heavy (non-hydrogen) atoms. The number of carbonyl (C=O) groups is 1. The molecule has 0 spiro atoms. The van der Waals surface area contributed by atoms with Crippen LogP contribution in [0.3, 0.4) is 0 Å². The number of hydrogen-bond donors (Lipinski definition) is 3. The summed E-state index contributed by atoms with van der Waals surface area (Å²) in [5.41, 5.74) is 0. The van der Waals surface area contributed by atoms with Crippen molar-refractivity contribution in [2.75, 3.05) is 26.2 Å². The predicted molar refractivity (Wildman–Crippen MR) is 84.2 cm³/mol. The van der Waals surface area contributed by atoms with Gasteiger partial charge in [0.15, 0.2) is 5.96 Å². The van der Waals surface area contributed by atoms with Crippen molar-refractivity contribution in [2.45, 2.75) is 51.6 Å². The molecule has 1 aliphatic carbocycles. The number of nitrogens with zero attached hydrogens (tertiary/aromatic N) is 1. The van der Waals surface area contributed by atoms with Crippen LogP contribution in [0.5, 0.6) is 0 Å². The van der Waals surface area contributed by atoms with E-state index in [1.54, 1.807) is 0 Å². The zero-order valence-corrected chi connectivity index (χ0v) is 13.6. The molecule has 1 aliphatic rings. The third-order valence-electron chi connectivity index (χ3n) is 3.70. The van der Waals surface area contributed by atoms with Crippen LogP contribution in [0, 0.1) is 5.92 Å². The molecular formula is C15H27F3N4O. The lowest BCUT2D eigenvalue weighted by Crippen LogP contribution is -2.41. The molecule has 0 saturated heterocycles. The second-order valence-electron chi connectivity index (χ2n) is 5.76. The molecule has 1 amide bonds. The van der Waals surface area contributed by atoms with Gasteiger partial charge in [-0.15, -0.1) is 0 Å². The minimum atomic E-state index is -4.20. The topological polar surface area (TPSA) is 65.5 Å². The first-order valence-corrected chi connectivity index (χ1v) is 8.26. The first kappa shape index (κ1) is 19.6. The van der Waals surface area contributed by atoms with Crippen LogP contribution in [0.25, 0.3) is 0 Å². The molecule has 1 fully saturated rings. The van der Waals surface area contributed by atoms with E-state index < -0.39 is 12.6 Å². The molecule has 0 atom stereocenters. The third-order valence-corrected chi connectivity index (χ3v) is 3.70. The molecular weight excluding hydrogens is 309 g/mol. The van der Waals surface area contributed by atoms with Crippen molar-refractivity contribution >= 4 is 11.9 Å². The Hall–Kier alpha value is -1.47. The van der Waals surface area contributed by atoms with Crippen LogP contribution in [-0.2, 0) is 4.79 Å². The molecule has 0 aromatic carbocycles. The number of carbonyl (C=O) groups excluding carboxylic acids is 1. The Bertz CT molecular complexity index is 379. The molecule has 0 aromatic heterocycles. The molecule has 0 aliphatic heterocycles. The Morgan fingerprint density at radius 1 is 1.13 bits per heavy atom. The minimum absolute atomic E-state index is 0.0395. The second kappa shape index (κ2) is 10.3. The van der Waals surface area contributed by atoms with Crippen LogP contribution in [-0.4, -0.2) is 44.2 Å². The average molecular weight is 336 g/mol. The standard InChI is InChI=1S/C15H27F3N4O/c1-2-19-14(21-8-7-15(16,17)18)22-10-9-20-13(23)11-12-5-3-4-6-12/h12H,2-11H2,1H3,(H,20,23)(H2,19,21,22). The van der Waals surface area contributed by atoms with Crippen molar-refractivity contribution in [3.05, 3.63) is 0 Å². The van der Waals surface area contributed by atoms with E-state index in [2.05, 4.69) is 20.9 Å². The highest BCUT2D eigenvalue weighted by molar-refractivity contribution is 5.80. The number of guanidine groups is 1. The van der Waals surface area contributed by atoms with E-state index in [9.17, 15) is 18.0 Å². The molecule has 1 rings (SSSR count). The highest BCUT2D eigenvalue weighted by atomic mass is 19.4. The number of amides is 1. The summed E-state index contributed by atoms with van der Waals surface area (Å²) >= 11 is 0. The molecule has 3 N–H and O–H groups in total. The van der Waals surface area contributed by atoms with Crippen LogP contribution in [0.1, 0.15) is 45.4 Å².